The van der Waals surface area contributed by atoms with Crippen molar-refractivity contribution in [3.8, 4) is 5.75 Å². The minimum absolute atomic E-state index is 0.403. The van der Waals surface area contributed by atoms with Crippen LogP contribution in [-0.2, 0) is 6.54 Å². The van der Waals surface area contributed by atoms with Crippen molar-refractivity contribution in [1.29, 1.82) is 0 Å². The molecule has 1 rings (SSSR count). The lowest BCUT2D eigenvalue weighted by molar-refractivity contribution is -0.139. The van der Waals surface area contributed by atoms with E-state index < -0.39 is 18.6 Å². The van der Waals surface area contributed by atoms with Gasteiger partial charge >= 0.3 is 6.18 Å². The van der Waals surface area contributed by atoms with E-state index in [1.165, 1.54) is 6.92 Å². The highest BCUT2D eigenvalue weighted by Crippen LogP contribution is 2.21. The molecule has 0 radical (unpaired) electrons. The van der Waals surface area contributed by atoms with Crippen molar-refractivity contribution in [3.05, 3.63) is 29.8 Å². The van der Waals surface area contributed by atoms with E-state index >= 15 is 0 Å². The molecular weight excluding hydrogens is 255 g/mol. The van der Waals surface area contributed by atoms with Crippen LogP contribution in [0.3, 0.4) is 0 Å². The number of alkyl halides is 3. The molecule has 0 amide bonds. The molecule has 0 heterocycles. The first kappa shape index (κ1) is 15.8. The Kier molecular flexibility index (Phi) is 6.15. The van der Waals surface area contributed by atoms with E-state index in [4.69, 9.17) is 4.74 Å². The summed E-state index contributed by atoms with van der Waals surface area (Å²) in [6.45, 7) is 4.59. The van der Waals surface area contributed by atoms with Crippen molar-refractivity contribution in [2.24, 2.45) is 0 Å². The van der Waals surface area contributed by atoms with Crippen LogP contribution in [0.5, 0.6) is 5.75 Å². The van der Waals surface area contributed by atoms with Gasteiger partial charge in [-0.3, -0.25) is 0 Å². The summed E-state index contributed by atoms with van der Waals surface area (Å²) in [7, 11) is 0. The predicted octanol–water partition coefficient (Wildman–Crippen LogP) is 3.91. The molecule has 1 atom stereocenters. The second kappa shape index (κ2) is 7.38. The standard InChI is InChI=1S/C14H20F3NO/c1-3-7-19-13-6-4-5-12(8-13)10-18-11(2)9-14(15,16)17/h4-6,8,11,18H,3,7,9-10H2,1-2H3. The minimum atomic E-state index is -4.13. The zero-order valence-corrected chi connectivity index (χ0v) is 11.3. The van der Waals surface area contributed by atoms with Crippen LogP contribution in [0.15, 0.2) is 24.3 Å². The van der Waals surface area contributed by atoms with Gasteiger partial charge < -0.3 is 10.1 Å². The van der Waals surface area contributed by atoms with Crippen LogP contribution in [0.2, 0.25) is 0 Å². The van der Waals surface area contributed by atoms with Crippen LogP contribution in [0, 0.1) is 0 Å². The fourth-order valence-corrected chi connectivity index (χ4v) is 1.68. The third kappa shape index (κ3) is 7.06. The zero-order valence-electron chi connectivity index (χ0n) is 11.3. The fraction of sp³-hybridized carbons (Fsp3) is 0.571. The number of benzene rings is 1. The second-order valence-corrected chi connectivity index (χ2v) is 4.60. The molecule has 1 aromatic rings. The van der Waals surface area contributed by atoms with Crippen LogP contribution in [0.4, 0.5) is 13.2 Å². The van der Waals surface area contributed by atoms with E-state index in [1.54, 1.807) is 0 Å². The number of halogens is 3. The number of hydrogen-bond acceptors (Lipinski definition) is 2. The molecule has 108 valence electrons. The predicted molar refractivity (Wildman–Crippen MR) is 69.2 cm³/mol. The van der Waals surface area contributed by atoms with Crippen molar-refractivity contribution in [2.45, 2.75) is 45.5 Å². The Labute approximate surface area is 112 Å². The summed E-state index contributed by atoms with van der Waals surface area (Å²) in [6.07, 6.45) is -4.03. The van der Waals surface area contributed by atoms with Gasteiger partial charge in [0, 0.05) is 12.6 Å². The molecule has 1 aromatic carbocycles. The van der Waals surface area contributed by atoms with E-state index in [-0.39, 0.29) is 0 Å². The van der Waals surface area contributed by atoms with Gasteiger partial charge in [0.2, 0.25) is 0 Å². The monoisotopic (exact) mass is 275 g/mol. The van der Waals surface area contributed by atoms with E-state index in [9.17, 15) is 13.2 Å². The molecule has 19 heavy (non-hydrogen) atoms. The van der Waals surface area contributed by atoms with E-state index in [1.807, 2.05) is 31.2 Å². The highest BCUT2D eigenvalue weighted by Gasteiger charge is 2.29. The number of hydrogen-bond donors (Lipinski definition) is 1. The van der Waals surface area contributed by atoms with Crippen LogP contribution < -0.4 is 10.1 Å². The van der Waals surface area contributed by atoms with Crippen LogP contribution in [-0.4, -0.2) is 18.8 Å². The van der Waals surface area contributed by atoms with Gasteiger partial charge in [0.25, 0.3) is 0 Å². The quantitative estimate of drug-likeness (QED) is 0.814. The maximum atomic E-state index is 12.2. The first-order valence-corrected chi connectivity index (χ1v) is 6.42. The molecule has 0 aliphatic heterocycles. The molecule has 0 spiro atoms. The van der Waals surface area contributed by atoms with Gasteiger partial charge in [0.05, 0.1) is 13.0 Å². The van der Waals surface area contributed by atoms with Gasteiger partial charge in [-0.1, -0.05) is 19.1 Å². The average molecular weight is 275 g/mol. The smallest absolute Gasteiger partial charge is 0.390 e. The maximum absolute atomic E-state index is 12.2. The highest BCUT2D eigenvalue weighted by atomic mass is 19.4. The summed E-state index contributed by atoms with van der Waals surface area (Å²) in [5.41, 5.74) is 0.919. The Morgan fingerprint density at radius 3 is 2.68 bits per heavy atom. The first-order chi connectivity index (χ1) is 8.90. The van der Waals surface area contributed by atoms with Gasteiger partial charge in [-0.2, -0.15) is 13.2 Å². The second-order valence-electron chi connectivity index (χ2n) is 4.60. The fourth-order valence-electron chi connectivity index (χ4n) is 1.68. The minimum Gasteiger partial charge on any atom is -0.494 e. The highest BCUT2D eigenvalue weighted by molar-refractivity contribution is 5.28. The van der Waals surface area contributed by atoms with Gasteiger partial charge in [0.1, 0.15) is 5.75 Å². The first-order valence-electron chi connectivity index (χ1n) is 6.42. The summed E-state index contributed by atoms with van der Waals surface area (Å²) in [5.74, 6) is 0.754. The van der Waals surface area contributed by atoms with Crippen molar-refractivity contribution in [3.63, 3.8) is 0 Å². The molecule has 1 N–H and O–H groups in total. The van der Waals surface area contributed by atoms with E-state index in [0.29, 0.717) is 13.2 Å². The third-order valence-corrected chi connectivity index (χ3v) is 2.56. The largest absolute Gasteiger partial charge is 0.494 e. The molecule has 0 bridgehead atoms. The molecule has 0 fully saturated rings. The van der Waals surface area contributed by atoms with E-state index in [2.05, 4.69) is 5.32 Å². The number of nitrogens with one attached hydrogen (secondary N) is 1. The molecule has 0 aromatic heterocycles. The van der Waals surface area contributed by atoms with E-state index in [0.717, 1.165) is 17.7 Å². The van der Waals surface area contributed by atoms with Crippen molar-refractivity contribution >= 4 is 0 Å². The molecule has 0 aliphatic carbocycles. The van der Waals surface area contributed by atoms with Crippen molar-refractivity contribution in [2.75, 3.05) is 6.61 Å². The Hall–Kier alpha value is -1.23. The van der Waals surface area contributed by atoms with Gasteiger partial charge in [-0.15, -0.1) is 0 Å². The average Bonchev–Trinajstić information content (AvgIpc) is 2.32. The number of ether oxygens (including phenoxy) is 1. The molecule has 1 unspecified atom stereocenters. The summed E-state index contributed by atoms with van der Waals surface area (Å²) in [4.78, 5) is 0. The van der Waals surface area contributed by atoms with Gasteiger partial charge in [-0.25, -0.2) is 0 Å². The lowest BCUT2D eigenvalue weighted by atomic mass is 10.2. The van der Waals surface area contributed by atoms with Gasteiger partial charge in [-0.05, 0) is 31.0 Å². The Bertz CT molecular complexity index is 379. The Balaban J connectivity index is 2.44. The SMILES string of the molecule is CCCOc1cccc(CNC(C)CC(F)(F)F)c1. The normalized spacial score (nSPS) is 13.3. The Morgan fingerprint density at radius 2 is 2.05 bits per heavy atom. The Morgan fingerprint density at radius 1 is 1.32 bits per heavy atom. The van der Waals surface area contributed by atoms with Crippen LogP contribution in [0.1, 0.15) is 32.3 Å². The van der Waals surface area contributed by atoms with Crippen LogP contribution >= 0.6 is 0 Å². The summed E-state index contributed by atoms with van der Waals surface area (Å²) in [6, 6.07) is 6.81. The summed E-state index contributed by atoms with van der Waals surface area (Å²) in [5, 5.41) is 2.86. The van der Waals surface area contributed by atoms with Crippen LogP contribution in [0.25, 0.3) is 0 Å². The summed E-state index contributed by atoms with van der Waals surface area (Å²) < 4.78 is 42.0. The summed E-state index contributed by atoms with van der Waals surface area (Å²) >= 11 is 0. The van der Waals surface area contributed by atoms with Gasteiger partial charge in [0.15, 0.2) is 0 Å². The molecule has 0 saturated heterocycles. The molecule has 2 nitrogen and oxygen atoms in total. The molecule has 5 heteroatoms. The number of rotatable bonds is 7. The third-order valence-electron chi connectivity index (χ3n) is 2.56. The molecule has 0 saturated carbocycles. The lowest BCUT2D eigenvalue weighted by Crippen LogP contribution is -2.30. The lowest BCUT2D eigenvalue weighted by Gasteiger charge is -2.16. The topological polar surface area (TPSA) is 21.3 Å². The van der Waals surface area contributed by atoms with Crippen molar-refractivity contribution < 1.29 is 17.9 Å². The maximum Gasteiger partial charge on any atom is 0.390 e. The molecule has 0 aliphatic rings. The zero-order chi connectivity index (χ0) is 14.3. The van der Waals surface area contributed by atoms with Crippen molar-refractivity contribution in [1.82, 2.24) is 5.32 Å². The molecular formula is C14H20F3NO.